The lowest BCUT2D eigenvalue weighted by atomic mass is 10.1. The van der Waals surface area contributed by atoms with Gasteiger partial charge in [0.15, 0.2) is 0 Å². The van der Waals surface area contributed by atoms with Gasteiger partial charge in [0.05, 0.1) is 17.5 Å². The molecular weight excluding hydrogens is 214 g/mol. The Labute approximate surface area is 91.6 Å². The molecule has 0 amide bonds. The van der Waals surface area contributed by atoms with Crippen molar-refractivity contribution in [3.8, 4) is 5.75 Å². The van der Waals surface area contributed by atoms with Gasteiger partial charge in [0.1, 0.15) is 5.75 Å². The van der Waals surface area contributed by atoms with Crippen LogP contribution >= 0.6 is 11.6 Å². The molecule has 0 fully saturated rings. The van der Waals surface area contributed by atoms with E-state index in [1.165, 1.54) is 0 Å². The Bertz CT molecular complexity index is 575. The number of pyridine rings is 1. The summed E-state index contributed by atoms with van der Waals surface area (Å²) in [5.41, 5.74) is 0.533. The van der Waals surface area contributed by atoms with Crippen molar-refractivity contribution in [3.05, 3.63) is 39.3 Å². The van der Waals surface area contributed by atoms with Gasteiger partial charge in [-0.2, -0.15) is 0 Å². The number of methoxy groups -OCH3 is 1. The van der Waals surface area contributed by atoms with Crippen LogP contribution in [0.15, 0.2) is 23.0 Å². The van der Waals surface area contributed by atoms with Crippen LogP contribution in [0.5, 0.6) is 5.75 Å². The van der Waals surface area contributed by atoms with Gasteiger partial charge in [-0.25, -0.2) is 0 Å². The van der Waals surface area contributed by atoms with Gasteiger partial charge in [0, 0.05) is 11.1 Å². The third kappa shape index (κ3) is 1.59. The number of aromatic nitrogens is 1. The van der Waals surface area contributed by atoms with E-state index in [2.05, 4.69) is 4.98 Å². The lowest BCUT2D eigenvalue weighted by Crippen LogP contribution is -2.08. The molecule has 0 saturated carbocycles. The second-order valence-corrected chi connectivity index (χ2v) is 3.68. The summed E-state index contributed by atoms with van der Waals surface area (Å²) in [4.78, 5) is 14.3. The van der Waals surface area contributed by atoms with Crippen LogP contribution in [-0.2, 0) is 0 Å². The first-order valence-corrected chi connectivity index (χ1v) is 4.87. The molecule has 15 heavy (non-hydrogen) atoms. The molecule has 0 spiro atoms. The van der Waals surface area contributed by atoms with E-state index >= 15 is 0 Å². The fourth-order valence-electron chi connectivity index (χ4n) is 1.52. The molecule has 0 unspecified atom stereocenters. The van der Waals surface area contributed by atoms with Crippen LogP contribution in [0.25, 0.3) is 10.8 Å². The summed E-state index contributed by atoms with van der Waals surface area (Å²) < 4.78 is 5.05. The van der Waals surface area contributed by atoms with Crippen molar-refractivity contribution in [2.75, 3.05) is 7.11 Å². The molecular formula is C11H10ClNO2. The largest absolute Gasteiger partial charge is 0.497 e. The van der Waals surface area contributed by atoms with Crippen molar-refractivity contribution in [3.63, 3.8) is 0 Å². The first-order valence-electron chi connectivity index (χ1n) is 4.49. The van der Waals surface area contributed by atoms with Crippen molar-refractivity contribution < 1.29 is 4.74 Å². The Morgan fingerprint density at radius 3 is 2.73 bits per heavy atom. The molecule has 3 nitrogen and oxygen atoms in total. The number of benzene rings is 1. The molecule has 78 valence electrons. The zero-order chi connectivity index (χ0) is 11.0. The van der Waals surface area contributed by atoms with Gasteiger partial charge in [0.2, 0.25) is 0 Å². The number of aryl methyl sites for hydroxylation is 1. The lowest BCUT2D eigenvalue weighted by molar-refractivity contribution is 0.415. The molecule has 1 heterocycles. The topological polar surface area (TPSA) is 42.1 Å². The third-order valence-electron chi connectivity index (χ3n) is 2.34. The Morgan fingerprint density at radius 2 is 2.07 bits per heavy atom. The van der Waals surface area contributed by atoms with Gasteiger partial charge < -0.3 is 9.72 Å². The van der Waals surface area contributed by atoms with Gasteiger partial charge in [-0.1, -0.05) is 11.6 Å². The van der Waals surface area contributed by atoms with Crippen molar-refractivity contribution in [1.29, 1.82) is 0 Å². The summed E-state index contributed by atoms with van der Waals surface area (Å²) in [5.74, 6) is 0.646. The summed E-state index contributed by atoms with van der Waals surface area (Å²) in [5, 5.41) is 1.87. The van der Waals surface area contributed by atoms with E-state index in [1.807, 2.05) is 0 Å². The molecule has 0 aliphatic carbocycles. The summed E-state index contributed by atoms with van der Waals surface area (Å²) >= 11 is 6.08. The molecule has 0 aliphatic heterocycles. The van der Waals surface area contributed by atoms with Crippen molar-refractivity contribution in [1.82, 2.24) is 4.98 Å². The minimum Gasteiger partial charge on any atom is -0.497 e. The number of hydrogen-bond acceptors (Lipinski definition) is 2. The van der Waals surface area contributed by atoms with Crippen LogP contribution < -0.4 is 10.3 Å². The molecule has 0 aliphatic rings. The SMILES string of the molecule is COc1ccc2c(Cl)c(C)[nH]c(=O)c2c1. The molecule has 0 atom stereocenters. The number of rotatable bonds is 1. The predicted molar refractivity (Wildman–Crippen MR) is 60.9 cm³/mol. The highest BCUT2D eigenvalue weighted by molar-refractivity contribution is 6.36. The summed E-state index contributed by atoms with van der Waals surface area (Å²) in [6.45, 7) is 1.77. The zero-order valence-corrected chi connectivity index (χ0v) is 9.18. The van der Waals surface area contributed by atoms with Gasteiger partial charge in [-0.05, 0) is 25.1 Å². The summed E-state index contributed by atoms with van der Waals surface area (Å²) in [7, 11) is 1.56. The Balaban J connectivity index is 2.90. The number of ether oxygens (including phenoxy) is 1. The van der Waals surface area contributed by atoms with Crippen LogP contribution in [0.3, 0.4) is 0 Å². The molecule has 0 radical (unpaired) electrons. The lowest BCUT2D eigenvalue weighted by Gasteiger charge is -2.05. The first-order chi connectivity index (χ1) is 7.13. The number of nitrogens with one attached hydrogen (secondary N) is 1. The van der Waals surface area contributed by atoms with E-state index in [9.17, 15) is 4.79 Å². The number of hydrogen-bond donors (Lipinski definition) is 1. The number of fused-ring (bicyclic) bond motifs is 1. The quantitative estimate of drug-likeness (QED) is 0.807. The fraction of sp³-hybridized carbons (Fsp3) is 0.182. The average molecular weight is 224 g/mol. The summed E-state index contributed by atoms with van der Waals surface area (Å²) in [6, 6.07) is 5.26. The van der Waals surface area contributed by atoms with E-state index < -0.39 is 0 Å². The maximum atomic E-state index is 11.7. The zero-order valence-electron chi connectivity index (χ0n) is 8.43. The van der Waals surface area contributed by atoms with Gasteiger partial charge >= 0.3 is 0 Å². The maximum absolute atomic E-state index is 11.7. The number of aromatic amines is 1. The highest BCUT2D eigenvalue weighted by Crippen LogP contribution is 2.25. The highest BCUT2D eigenvalue weighted by Gasteiger charge is 2.07. The molecule has 4 heteroatoms. The second-order valence-electron chi connectivity index (χ2n) is 3.30. The fourth-order valence-corrected chi connectivity index (χ4v) is 1.74. The maximum Gasteiger partial charge on any atom is 0.256 e. The number of H-pyrrole nitrogens is 1. The smallest absolute Gasteiger partial charge is 0.256 e. The summed E-state index contributed by atoms with van der Waals surface area (Å²) in [6.07, 6.45) is 0. The normalized spacial score (nSPS) is 10.6. The van der Waals surface area contributed by atoms with E-state index in [0.29, 0.717) is 21.9 Å². The van der Waals surface area contributed by atoms with Crippen LogP contribution in [0.2, 0.25) is 5.02 Å². The molecule has 0 saturated heterocycles. The van der Waals surface area contributed by atoms with Gasteiger partial charge in [0.25, 0.3) is 5.56 Å². The standard InChI is InChI=1S/C11H10ClNO2/c1-6-10(12)8-4-3-7(15-2)5-9(8)11(14)13-6/h3-5H,1-2H3,(H,13,14). The molecule has 1 aromatic carbocycles. The van der Waals surface area contributed by atoms with Gasteiger partial charge in [-0.3, -0.25) is 4.79 Å². The number of halogens is 1. The minimum absolute atomic E-state index is 0.147. The van der Waals surface area contributed by atoms with Crippen molar-refractivity contribution in [2.45, 2.75) is 6.92 Å². The van der Waals surface area contributed by atoms with E-state index in [0.717, 1.165) is 5.39 Å². The highest BCUT2D eigenvalue weighted by atomic mass is 35.5. The second kappa shape index (κ2) is 3.59. The molecule has 2 rings (SSSR count). The third-order valence-corrected chi connectivity index (χ3v) is 2.83. The van der Waals surface area contributed by atoms with Crippen LogP contribution in [0.4, 0.5) is 0 Å². The molecule has 1 aromatic heterocycles. The average Bonchev–Trinajstić information content (AvgIpc) is 2.25. The van der Waals surface area contributed by atoms with Crippen molar-refractivity contribution >= 4 is 22.4 Å². The first kappa shape index (κ1) is 10.1. The molecule has 2 aromatic rings. The van der Waals surface area contributed by atoms with E-state index in [-0.39, 0.29) is 5.56 Å². The molecule has 1 N–H and O–H groups in total. The van der Waals surface area contributed by atoms with Gasteiger partial charge in [-0.15, -0.1) is 0 Å². The predicted octanol–water partition coefficient (Wildman–Crippen LogP) is 2.50. The van der Waals surface area contributed by atoms with Crippen LogP contribution in [0, 0.1) is 6.92 Å². The van der Waals surface area contributed by atoms with Crippen molar-refractivity contribution in [2.24, 2.45) is 0 Å². The van der Waals surface area contributed by atoms with E-state index in [4.69, 9.17) is 16.3 Å². The van der Waals surface area contributed by atoms with Crippen LogP contribution in [0.1, 0.15) is 5.69 Å². The monoisotopic (exact) mass is 223 g/mol. The Kier molecular flexibility index (Phi) is 2.40. The van der Waals surface area contributed by atoms with E-state index in [1.54, 1.807) is 32.2 Å². The van der Waals surface area contributed by atoms with Crippen LogP contribution in [-0.4, -0.2) is 12.1 Å². The Morgan fingerprint density at radius 1 is 1.33 bits per heavy atom. The Hall–Kier alpha value is -1.48. The molecule has 0 bridgehead atoms. The minimum atomic E-state index is -0.147.